The molecule has 0 spiro atoms. The Morgan fingerprint density at radius 2 is 2.20 bits per heavy atom. The van der Waals surface area contributed by atoms with E-state index in [1.165, 1.54) is 4.57 Å². The third-order valence-corrected chi connectivity index (χ3v) is 3.61. The zero-order valence-electron chi connectivity index (χ0n) is 11.0. The fraction of sp³-hybridized carbons (Fsp3) is 0.357. The highest BCUT2D eigenvalue weighted by Gasteiger charge is 2.31. The summed E-state index contributed by atoms with van der Waals surface area (Å²) in [6.07, 6.45) is 1.38. The van der Waals surface area contributed by atoms with Crippen molar-refractivity contribution in [2.24, 2.45) is 0 Å². The predicted molar refractivity (Wildman–Crippen MR) is 73.4 cm³/mol. The molecule has 2 amide bonds. The Bertz CT molecular complexity index is 762. The number of aryl methyl sites for hydroxylation is 1. The van der Waals surface area contributed by atoms with E-state index in [1.54, 1.807) is 12.1 Å². The lowest BCUT2D eigenvalue weighted by molar-refractivity contribution is -0.135. The van der Waals surface area contributed by atoms with Crippen molar-refractivity contribution in [3.8, 4) is 0 Å². The van der Waals surface area contributed by atoms with Crippen LogP contribution in [0.15, 0.2) is 27.4 Å². The number of aromatic nitrogens is 1. The quantitative estimate of drug-likeness (QED) is 0.840. The Morgan fingerprint density at radius 1 is 1.40 bits per heavy atom. The van der Waals surface area contributed by atoms with Crippen molar-refractivity contribution in [2.45, 2.75) is 32.2 Å². The van der Waals surface area contributed by atoms with E-state index in [2.05, 4.69) is 5.32 Å². The summed E-state index contributed by atoms with van der Waals surface area (Å²) in [4.78, 5) is 35.1. The first-order valence-electron chi connectivity index (χ1n) is 6.58. The molecule has 2 heterocycles. The van der Waals surface area contributed by atoms with Gasteiger partial charge in [0.05, 0.1) is 5.52 Å². The summed E-state index contributed by atoms with van der Waals surface area (Å²) in [5, 5.41) is 2.25. The van der Waals surface area contributed by atoms with Crippen LogP contribution in [0.25, 0.3) is 11.1 Å². The van der Waals surface area contributed by atoms with Gasteiger partial charge >= 0.3 is 5.76 Å². The van der Waals surface area contributed by atoms with E-state index in [0.29, 0.717) is 17.5 Å². The molecule has 1 aliphatic heterocycles. The van der Waals surface area contributed by atoms with Gasteiger partial charge < -0.3 is 4.42 Å². The molecular formula is C14H16N2O4. The van der Waals surface area contributed by atoms with E-state index in [9.17, 15) is 14.4 Å². The lowest BCUT2D eigenvalue weighted by atomic mass is 10.1. The molecule has 1 atom stereocenters. The van der Waals surface area contributed by atoms with Crippen molar-refractivity contribution in [3.05, 3.63) is 34.3 Å². The standard InChI is InChI=1S/C14H14N2O4.H2/c1-2-8-3-4-9-11(7-8)20-14(19)16(9)10-5-6-12(17)15-13(10)18;/h3-4,7,10H,2,5-6H2,1H3,(H,15,17,18);1H. The molecule has 106 valence electrons. The van der Waals surface area contributed by atoms with Gasteiger partial charge in [0.2, 0.25) is 11.8 Å². The molecule has 1 unspecified atom stereocenters. The van der Waals surface area contributed by atoms with Crippen LogP contribution in [0.4, 0.5) is 0 Å². The normalized spacial score (nSPS) is 19.4. The van der Waals surface area contributed by atoms with Crippen LogP contribution in [0.5, 0.6) is 0 Å². The average Bonchev–Trinajstić information content (AvgIpc) is 2.74. The molecule has 1 saturated heterocycles. The van der Waals surface area contributed by atoms with E-state index in [-0.39, 0.29) is 13.8 Å². The maximum absolute atomic E-state index is 12.0. The summed E-state index contributed by atoms with van der Waals surface area (Å²) in [7, 11) is 0. The number of carbonyl (C=O) groups excluding carboxylic acids is 2. The van der Waals surface area contributed by atoms with Crippen molar-refractivity contribution >= 4 is 22.9 Å². The second-order valence-electron chi connectivity index (χ2n) is 4.86. The minimum Gasteiger partial charge on any atom is -0.408 e. The highest BCUT2D eigenvalue weighted by Crippen LogP contribution is 2.23. The van der Waals surface area contributed by atoms with Crippen LogP contribution in [-0.4, -0.2) is 16.4 Å². The topological polar surface area (TPSA) is 81.3 Å². The molecule has 0 radical (unpaired) electrons. The minimum atomic E-state index is -0.686. The second-order valence-corrected chi connectivity index (χ2v) is 4.86. The number of imide groups is 1. The maximum atomic E-state index is 12.0. The first kappa shape index (κ1) is 12.7. The molecule has 1 N–H and O–H groups in total. The third-order valence-electron chi connectivity index (χ3n) is 3.61. The highest BCUT2D eigenvalue weighted by atomic mass is 16.4. The number of amides is 2. The lowest BCUT2D eigenvalue weighted by Crippen LogP contribution is -2.43. The van der Waals surface area contributed by atoms with Gasteiger partial charge in [0.25, 0.3) is 0 Å². The fourth-order valence-corrected chi connectivity index (χ4v) is 2.52. The molecule has 0 aliphatic carbocycles. The maximum Gasteiger partial charge on any atom is 0.420 e. The number of benzene rings is 1. The van der Waals surface area contributed by atoms with Crippen molar-refractivity contribution in [1.29, 1.82) is 0 Å². The zero-order valence-corrected chi connectivity index (χ0v) is 11.0. The number of nitrogens with one attached hydrogen (secondary N) is 1. The Balaban J connectivity index is 0.00000161. The number of hydrogen-bond acceptors (Lipinski definition) is 4. The van der Waals surface area contributed by atoms with Crippen molar-refractivity contribution in [2.75, 3.05) is 0 Å². The highest BCUT2D eigenvalue weighted by molar-refractivity contribution is 6.00. The number of fused-ring (bicyclic) bond motifs is 1. The summed E-state index contributed by atoms with van der Waals surface area (Å²) < 4.78 is 6.54. The summed E-state index contributed by atoms with van der Waals surface area (Å²) in [6.45, 7) is 2.01. The van der Waals surface area contributed by atoms with Crippen LogP contribution in [0.1, 0.15) is 32.8 Å². The number of nitrogens with zero attached hydrogens (tertiary/aromatic N) is 1. The summed E-state index contributed by atoms with van der Waals surface area (Å²) in [5.41, 5.74) is 2.11. The van der Waals surface area contributed by atoms with Crippen LogP contribution >= 0.6 is 0 Å². The molecular weight excluding hydrogens is 260 g/mol. The van der Waals surface area contributed by atoms with Gasteiger partial charge in [-0.15, -0.1) is 0 Å². The van der Waals surface area contributed by atoms with E-state index in [1.807, 2.05) is 13.0 Å². The van der Waals surface area contributed by atoms with Gasteiger partial charge in [0.15, 0.2) is 5.58 Å². The van der Waals surface area contributed by atoms with Crippen LogP contribution in [0.3, 0.4) is 0 Å². The Hall–Kier alpha value is -2.37. The van der Waals surface area contributed by atoms with Crippen molar-refractivity contribution < 1.29 is 15.4 Å². The fourth-order valence-electron chi connectivity index (χ4n) is 2.52. The van der Waals surface area contributed by atoms with Crippen LogP contribution in [0, 0.1) is 0 Å². The molecule has 1 aromatic carbocycles. The van der Waals surface area contributed by atoms with Gasteiger partial charge in [-0.05, 0) is 30.5 Å². The molecule has 1 aliphatic rings. The van der Waals surface area contributed by atoms with Crippen molar-refractivity contribution in [3.63, 3.8) is 0 Å². The lowest BCUT2D eigenvalue weighted by Gasteiger charge is -2.21. The monoisotopic (exact) mass is 276 g/mol. The van der Waals surface area contributed by atoms with Gasteiger partial charge in [-0.3, -0.25) is 19.5 Å². The SMILES string of the molecule is CCc1ccc2c(c1)oc(=O)n2C1CCC(=O)NC1=O.[HH]. The van der Waals surface area contributed by atoms with Crippen molar-refractivity contribution in [1.82, 2.24) is 9.88 Å². The first-order chi connectivity index (χ1) is 9.60. The van der Waals surface area contributed by atoms with Crippen LogP contribution in [0.2, 0.25) is 0 Å². The molecule has 20 heavy (non-hydrogen) atoms. The number of hydrogen-bond donors (Lipinski definition) is 1. The molecule has 2 aromatic rings. The number of oxazole rings is 1. The average molecular weight is 276 g/mol. The van der Waals surface area contributed by atoms with E-state index in [4.69, 9.17) is 4.42 Å². The van der Waals surface area contributed by atoms with E-state index < -0.39 is 17.7 Å². The second kappa shape index (κ2) is 4.63. The van der Waals surface area contributed by atoms with Gasteiger partial charge in [0, 0.05) is 7.85 Å². The Labute approximate surface area is 115 Å². The van der Waals surface area contributed by atoms with E-state index in [0.717, 1.165) is 12.0 Å². The zero-order chi connectivity index (χ0) is 14.3. The van der Waals surface area contributed by atoms with Crippen LogP contribution < -0.4 is 11.1 Å². The van der Waals surface area contributed by atoms with Crippen LogP contribution in [-0.2, 0) is 16.0 Å². The molecule has 6 nitrogen and oxygen atoms in total. The summed E-state index contributed by atoms with van der Waals surface area (Å²) >= 11 is 0. The number of carbonyl (C=O) groups is 2. The molecule has 1 aromatic heterocycles. The molecule has 1 fully saturated rings. The van der Waals surface area contributed by atoms with Gasteiger partial charge in [-0.2, -0.15) is 0 Å². The first-order valence-corrected chi connectivity index (χ1v) is 6.58. The smallest absolute Gasteiger partial charge is 0.408 e. The molecule has 0 bridgehead atoms. The predicted octanol–water partition coefficient (Wildman–Crippen LogP) is 1.38. The summed E-state index contributed by atoms with van der Waals surface area (Å²) in [6, 6.07) is 4.80. The molecule has 3 rings (SSSR count). The minimum absolute atomic E-state index is 0. The Kier molecular flexibility index (Phi) is 2.93. The van der Waals surface area contributed by atoms with Gasteiger partial charge in [0.1, 0.15) is 6.04 Å². The largest absolute Gasteiger partial charge is 0.420 e. The van der Waals surface area contributed by atoms with Gasteiger partial charge in [-0.1, -0.05) is 13.0 Å². The van der Waals surface area contributed by atoms with Gasteiger partial charge in [-0.25, -0.2) is 4.79 Å². The number of piperidine rings is 1. The molecule has 0 saturated carbocycles. The van der Waals surface area contributed by atoms with E-state index >= 15 is 0 Å². The third kappa shape index (κ3) is 1.93. The molecule has 6 heteroatoms. The number of rotatable bonds is 2. The Morgan fingerprint density at radius 3 is 2.90 bits per heavy atom. The summed E-state index contributed by atoms with van der Waals surface area (Å²) in [5.74, 6) is -1.33.